The molecule has 2 aromatic heterocycles. The van der Waals surface area contributed by atoms with Crippen LogP contribution in [0.4, 0.5) is 0 Å². The molecule has 0 radical (unpaired) electrons. The van der Waals surface area contributed by atoms with E-state index in [9.17, 15) is 0 Å². The summed E-state index contributed by atoms with van der Waals surface area (Å²) in [6.07, 6.45) is 4.14. The van der Waals surface area contributed by atoms with E-state index in [1.54, 1.807) is 6.26 Å². The van der Waals surface area contributed by atoms with Crippen LogP contribution in [0, 0.1) is 5.92 Å². The van der Waals surface area contributed by atoms with Crippen LogP contribution in [0.15, 0.2) is 39.4 Å². The summed E-state index contributed by atoms with van der Waals surface area (Å²) in [6.45, 7) is 8.95. The van der Waals surface area contributed by atoms with Gasteiger partial charge in [-0.1, -0.05) is 18.1 Å². The van der Waals surface area contributed by atoms with E-state index in [0.29, 0.717) is 12.6 Å². The highest BCUT2D eigenvalue weighted by atomic mass is 32.1. The fourth-order valence-corrected chi connectivity index (χ4v) is 4.11. The first-order chi connectivity index (χ1) is 12.8. The number of guanidine groups is 1. The molecule has 3 heterocycles. The van der Waals surface area contributed by atoms with Gasteiger partial charge < -0.3 is 15.2 Å². The minimum absolute atomic E-state index is 0.387. The minimum Gasteiger partial charge on any atom is -0.364 e. The summed E-state index contributed by atoms with van der Waals surface area (Å²) in [7, 11) is 0. The summed E-state index contributed by atoms with van der Waals surface area (Å²) in [5.41, 5.74) is 0.835. The number of hydrogen-bond donors (Lipinski definition) is 2. The predicted octanol–water partition coefficient (Wildman–Crippen LogP) is 3.26. The standard InChI is InChI=1S/C19H29N5OS/c1-3-20-19(21-13-16-8-11-25-23-16)22-14-17(18-5-4-12-26-18)24-9-6-15(2)7-10-24/h4-5,8,11-12,15,17H,3,6-7,9-10,13-14H2,1-2H3,(H2,20,21,22). The topological polar surface area (TPSA) is 65.7 Å². The number of likely N-dealkylation sites (tertiary alicyclic amines) is 1. The van der Waals surface area contributed by atoms with Crippen molar-refractivity contribution >= 4 is 17.3 Å². The molecule has 1 atom stereocenters. The number of hydrogen-bond acceptors (Lipinski definition) is 5. The summed E-state index contributed by atoms with van der Waals surface area (Å²) in [5.74, 6) is 1.66. The second kappa shape index (κ2) is 9.73. The van der Waals surface area contributed by atoms with Crippen LogP contribution in [0.1, 0.15) is 43.3 Å². The molecular weight excluding hydrogens is 346 g/mol. The third-order valence-electron chi connectivity index (χ3n) is 4.83. The number of nitrogens with zero attached hydrogens (tertiary/aromatic N) is 3. The molecule has 0 saturated carbocycles. The van der Waals surface area contributed by atoms with Crippen molar-refractivity contribution in [2.24, 2.45) is 10.9 Å². The average molecular weight is 376 g/mol. The van der Waals surface area contributed by atoms with Crippen molar-refractivity contribution in [3.05, 3.63) is 40.4 Å². The van der Waals surface area contributed by atoms with Gasteiger partial charge in [-0.05, 0) is 50.2 Å². The van der Waals surface area contributed by atoms with E-state index in [1.165, 1.54) is 17.7 Å². The molecule has 1 fully saturated rings. The third-order valence-corrected chi connectivity index (χ3v) is 5.80. The summed E-state index contributed by atoms with van der Waals surface area (Å²) in [4.78, 5) is 8.65. The Labute approximate surface area is 159 Å². The van der Waals surface area contributed by atoms with Gasteiger partial charge in [-0.15, -0.1) is 11.3 Å². The Hall–Kier alpha value is -1.86. The summed E-state index contributed by atoms with van der Waals surface area (Å²) in [6, 6.07) is 6.62. The van der Waals surface area contributed by atoms with Gasteiger partial charge in [-0.3, -0.25) is 4.90 Å². The van der Waals surface area contributed by atoms with Crippen LogP contribution in [0.3, 0.4) is 0 Å². The molecule has 0 bridgehead atoms. The Balaban J connectivity index is 1.64. The molecule has 0 aliphatic carbocycles. The van der Waals surface area contributed by atoms with Crippen molar-refractivity contribution in [1.82, 2.24) is 20.7 Å². The SMILES string of the molecule is CCNC(=NCc1ccon1)NCC(c1cccs1)N1CCC(C)CC1. The Morgan fingerprint density at radius 1 is 1.38 bits per heavy atom. The minimum atomic E-state index is 0.387. The van der Waals surface area contributed by atoms with Crippen LogP contribution >= 0.6 is 11.3 Å². The molecule has 142 valence electrons. The second-order valence-electron chi connectivity index (χ2n) is 6.82. The average Bonchev–Trinajstić information content (AvgIpc) is 3.35. The van der Waals surface area contributed by atoms with Gasteiger partial charge in [-0.25, -0.2) is 4.99 Å². The highest BCUT2D eigenvalue weighted by Gasteiger charge is 2.25. The van der Waals surface area contributed by atoms with E-state index in [4.69, 9.17) is 4.52 Å². The first-order valence-corrected chi connectivity index (χ1v) is 10.3. The molecule has 1 aliphatic rings. The van der Waals surface area contributed by atoms with E-state index in [2.05, 4.69) is 57.0 Å². The lowest BCUT2D eigenvalue weighted by Crippen LogP contribution is -2.45. The van der Waals surface area contributed by atoms with Crippen molar-refractivity contribution < 1.29 is 4.52 Å². The summed E-state index contributed by atoms with van der Waals surface area (Å²) in [5, 5.41) is 12.9. The van der Waals surface area contributed by atoms with Crippen molar-refractivity contribution in [3.8, 4) is 0 Å². The Bertz CT molecular complexity index is 648. The summed E-state index contributed by atoms with van der Waals surface area (Å²) >= 11 is 1.84. The van der Waals surface area contributed by atoms with Crippen molar-refractivity contribution in [3.63, 3.8) is 0 Å². The van der Waals surface area contributed by atoms with Crippen LogP contribution in [-0.2, 0) is 6.54 Å². The molecule has 2 aromatic rings. The highest BCUT2D eigenvalue weighted by Crippen LogP contribution is 2.29. The maximum atomic E-state index is 4.88. The van der Waals surface area contributed by atoms with Crippen LogP contribution in [0.2, 0.25) is 0 Å². The zero-order chi connectivity index (χ0) is 18.2. The van der Waals surface area contributed by atoms with Crippen molar-refractivity contribution in [2.75, 3.05) is 26.2 Å². The lowest BCUT2D eigenvalue weighted by molar-refractivity contribution is 0.140. The van der Waals surface area contributed by atoms with Crippen LogP contribution in [0.5, 0.6) is 0 Å². The van der Waals surface area contributed by atoms with Gasteiger partial charge in [0.2, 0.25) is 0 Å². The zero-order valence-corrected chi connectivity index (χ0v) is 16.5. The molecule has 0 aromatic carbocycles. The Kier molecular flexibility index (Phi) is 7.08. The lowest BCUT2D eigenvalue weighted by Gasteiger charge is -2.36. The van der Waals surface area contributed by atoms with E-state index in [1.807, 2.05) is 17.4 Å². The quantitative estimate of drug-likeness (QED) is 0.574. The number of rotatable bonds is 7. The summed E-state index contributed by atoms with van der Waals surface area (Å²) < 4.78 is 4.88. The molecule has 6 nitrogen and oxygen atoms in total. The second-order valence-corrected chi connectivity index (χ2v) is 7.80. The predicted molar refractivity (Wildman–Crippen MR) is 106 cm³/mol. The number of aromatic nitrogens is 1. The van der Waals surface area contributed by atoms with Crippen LogP contribution in [0.25, 0.3) is 0 Å². The number of aliphatic imine (C=N–C) groups is 1. The molecule has 0 spiro atoms. The molecule has 26 heavy (non-hydrogen) atoms. The molecule has 3 rings (SSSR count). The van der Waals surface area contributed by atoms with Gasteiger partial charge in [0, 0.05) is 24.0 Å². The highest BCUT2D eigenvalue weighted by molar-refractivity contribution is 7.10. The van der Waals surface area contributed by atoms with Crippen LogP contribution in [-0.4, -0.2) is 42.2 Å². The Morgan fingerprint density at radius 3 is 2.88 bits per heavy atom. The Morgan fingerprint density at radius 2 is 2.23 bits per heavy atom. The molecule has 1 aliphatic heterocycles. The van der Waals surface area contributed by atoms with Gasteiger partial charge in [0.05, 0.1) is 12.6 Å². The first kappa shape index (κ1) is 18.9. The third kappa shape index (κ3) is 5.32. The normalized spacial score (nSPS) is 18.0. The fraction of sp³-hybridized carbons (Fsp3) is 0.579. The maximum absolute atomic E-state index is 4.88. The van der Waals surface area contributed by atoms with Crippen molar-refractivity contribution in [2.45, 2.75) is 39.3 Å². The van der Waals surface area contributed by atoms with Gasteiger partial charge >= 0.3 is 0 Å². The molecule has 1 saturated heterocycles. The van der Waals surface area contributed by atoms with E-state index in [-0.39, 0.29) is 0 Å². The maximum Gasteiger partial charge on any atom is 0.191 e. The van der Waals surface area contributed by atoms with Gasteiger partial charge in [0.15, 0.2) is 5.96 Å². The number of thiophene rings is 1. The smallest absolute Gasteiger partial charge is 0.191 e. The van der Waals surface area contributed by atoms with Gasteiger partial charge in [0.25, 0.3) is 0 Å². The monoisotopic (exact) mass is 375 g/mol. The van der Waals surface area contributed by atoms with Gasteiger partial charge in [-0.2, -0.15) is 0 Å². The number of piperidine rings is 1. The van der Waals surface area contributed by atoms with E-state index >= 15 is 0 Å². The molecule has 7 heteroatoms. The molecular formula is C19H29N5OS. The van der Waals surface area contributed by atoms with Crippen molar-refractivity contribution in [1.29, 1.82) is 0 Å². The molecule has 1 unspecified atom stereocenters. The van der Waals surface area contributed by atoms with Crippen LogP contribution < -0.4 is 10.6 Å². The number of nitrogens with one attached hydrogen (secondary N) is 2. The fourth-order valence-electron chi connectivity index (χ4n) is 3.24. The lowest BCUT2D eigenvalue weighted by atomic mass is 9.97. The van der Waals surface area contributed by atoms with E-state index < -0.39 is 0 Å². The molecule has 0 amide bonds. The van der Waals surface area contributed by atoms with Gasteiger partial charge in [0.1, 0.15) is 12.0 Å². The molecule has 2 N–H and O–H groups in total. The largest absolute Gasteiger partial charge is 0.364 e. The van der Waals surface area contributed by atoms with E-state index in [0.717, 1.165) is 43.8 Å². The zero-order valence-electron chi connectivity index (χ0n) is 15.6. The first-order valence-electron chi connectivity index (χ1n) is 9.45.